The van der Waals surface area contributed by atoms with Crippen molar-refractivity contribution < 1.29 is 9.53 Å². The molecule has 1 atom stereocenters. The molecule has 1 unspecified atom stereocenters. The van der Waals surface area contributed by atoms with Gasteiger partial charge in [0.15, 0.2) is 0 Å². The van der Waals surface area contributed by atoms with Crippen LogP contribution in [0.1, 0.15) is 47.0 Å². The van der Waals surface area contributed by atoms with Gasteiger partial charge in [-0.05, 0) is 40.0 Å². The van der Waals surface area contributed by atoms with E-state index >= 15 is 0 Å². The number of ether oxygens (including phenoxy) is 1. The van der Waals surface area contributed by atoms with Gasteiger partial charge < -0.3 is 15.4 Å². The predicted molar refractivity (Wildman–Crippen MR) is 64.2 cm³/mol. The number of rotatable bonds is 4. The molecular weight excluding hydrogens is 204 g/mol. The number of carbonyl (C=O) groups excluding carboxylic acids is 1. The van der Waals surface area contributed by atoms with Gasteiger partial charge in [-0.3, -0.25) is 0 Å². The normalized spacial score (nSPS) is 18.1. The van der Waals surface area contributed by atoms with Crippen LogP contribution in [-0.4, -0.2) is 35.2 Å². The van der Waals surface area contributed by atoms with Gasteiger partial charge in [0.25, 0.3) is 0 Å². The second-order valence-corrected chi connectivity index (χ2v) is 5.42. The third kappa shape index (κ3) is 3.67. The second-order valence-electron chi connectivity index (χ2n) is 5.42. The highest BCUT2D eigenvalue weighted by Crippen LogP contribution is 2.30. The van der Waals surface area contributed by atoms with E-state index in [4.69, 9.17) is 10.5 Å². The number of carbonyl (C=O) groups is 1. The second kappa shape index (κ2) is 5.04. The van der Waals surface area contributed by atoms with Crippen molar-refractivity contribution in [3.8, 4) is 0 Å². The van der Waals surface area contributed by atoms with E-state index in [0.29, 0.717) is 12.6 Å². The Labute approximate surface area is 98.1 Å². The minimum Gasteiger partial charge on any atom is -0.444 e. The van der Waals surface area contributed by atoms with Crippen molar-refractivity contribution in [3.05, 3.63) is 0 Å². The molecule has 0 heterocycles. The van der Waals surface area contributed by atoms with Crippen LogP contribution in [-0.2, 0) is 4.74 Å². The molecule has 0 bridgehead atoms. The third-order valence-electron chi connectivity index (χ3n) is 2.68. The summed E-state index contributed by atoms with van der Waals surface area (Å²) in [4.78, 5) is 13.9. The average Bonchev–Trinajstić information content (AvgIpc) is 2.94. The molecule has 1 aliphatic carbocycles. The van der Waals surface area contributed by atoms with Crippen LogP contribution < -0.4 is 5.73 Å². The molecule has 1 aliphatic rings. The summed E-state index contributed by atoms with van der Waals surface area (Å²) < 4.78 is 5.42. The molecule has 0 spiro atoms. The van der Waals surface area contributed by atoms with Gasteiger partial charge in [0.2, 0.25) is 0 Å². The van der Waals surface area contributed by atoms with Gasteiger partial charge in [0.1, 0.15) is 5.60 Å². The highest BCUT2D eigenvalue weighted by atomic mass is 16.6. The molecule has 4 nitrogen and oxygen atoms in total. The molecule has 2 N–H and O–H groups in total. The summed E-state index contributed by atoms with van der Waals surface area (Å²) in [6.45, 7) is 8.22. The Hall–Kier alpha value is -0.770. The highest BCUT2D eigenvalue weighted by molar-refractivity contribution is 5.69. The standard InChI is InChI=1S/C12H24N2O2/c1-5-9(8-13)14(10-6-7-10)11(15)16-12(2,3)4/h9-10H,5-8,13H2,1-4H3. The van der Waals surface area contributed by atoms with Crippen LogP contribution in [0.3, 0.4) is 0 Å². The van der Waals surface area contributed by atoms with Gasteiger partial charge in [0, 0.05) is 18.6 Å². The van der Waals surface area contributed by atoms with E-state index in [0.717, 1.165) is 19.3 Å². The first-order chi connectivity index (χ1) is 7.39. The molecule has 0 aromatic rings. The molecule has 16 heavy (non-hydrogen) atoms. The van der Waals surface area contributed by atoms with E-state index in [1.165, 1.54) is 0 Å². The summed E-state index contributed by atoms with van der Waals surface area (Å²) in [5, 5.41) is 0. The minimum absolute atomic E-state index is 0.113. The Kier molecular flexibility index (Phi) is 4.19. The molecule has 0 radical (unpaired) electrons. The number of nitrogens with zero attached hydrogens (tertiary/aromatic N) is 1. The summed E-state index contributed by atoms with van der Waals surface area (Å²) in [6.07, 6.45) is 2.82. The van der Waals surface area contributed by atoms with E-state index in [1.807, 2.05) is 25.7 Å². The Balaban J connectivity index is 2.66. The van der Waals surface area contributed by atoms with Crippen molar-refractivity contribution in [2.24, 2.45) is 5.73 Å². The highest BCUT2D eigenvalue weighted by Gasteiger charge is 2.38. The first-order valence-corrected chi connectivity index (χ1v) is 6.10. The zero-order valence-electron chi connectivity index (χ0n) is 10.8. The number of hydrogen-bond donors (Lipinski definition) is 1. The van der Waals surface area contributed by atoms with Crippen LogP contribution in [0, 0.1) is 0 Å². The van der Waals surface area contributed by atoms with Crippen LogP contribution in [0.2, 0.25) is 0 Å². The van der Waals surface area contributed by atoms with E-state index in [2.05, 4.69) is 6.92 Å². The smallest absolute Gasteiger partial charge is 0.410 e. The fourth-order valence-electron chi connectivity index (χ4n) is 1.74. The average molecular weight is 228 g/mol. The molecule has 0 aromatic heterocycles. The minimum atomic E-state index is -0.433. The Bertz CT molecular complexity index is 240. The van der Waals surface area contributed by atoms with Gasteiger partial charge in [-0.1, -0.05) is 6.92 Å². The Morgan fingerprint density at radius 3 is 2.38 bits per heavy atom. The maximum atomic E-state index is 12.0. The molecule has 0 aliphatic heterocycles. The lowest BCUT2D eigenvalue weighted by molar-refractivity contribution is 0.0143. The zero-order valence-corrected chi connectivity index (χ0v) is 10.8. The van der Waals surface area contributed by atoms with Gasteiger partial charge >= 0.3 is 6.09 Å². The summed E-state index contributed by atoms with van der Waals surface area (Å²) in [5.41, 5.74) is 5.27. The lowest BCUT2D eigenvalue weighted by Gasteiger charge is -2.32. The van der Waals surface area contributed by atoms with Crippen molar-refractivity contribution in [2.75, 3.05) is 6.54 Å². The molecule has 1 fully saturated rings. The van der Waals surface area contributed by atoms with Crippen LogP contribution in [0.15, 0.2) is 0 Å². The first kappa shape index (κ1) is 13.3. The summed E-state index contributed by atoms with van der Waals surface area (Å²) in [7, 11) is 0. The molecule has 1 saturated carbocycles. The summed E-state index contributed by atoms with van der Waals surface area (Å²) in [6, 6.07) is 0.464. The fraction of sp³-hybridized carbons (Fsp3) is 0.917. The SMILES string of the molecule is CCC(CN)N(C(=O)OC(C)(C)C)C1CC1. The zero-order chi connectivity index (χ0) is 12.3. The van der Waals surface area contributed by atoms with Crippen molar-refractivity contribution in [1.82, 2.24) is 4.90 Å². The van der Waals surface area contributed by atoms with E-state index in [-0.39, 0.29) is 12.1 Å². The van der Waals surface area contributed by atoms with E-state index in [9.17, 15) is 4.79 Å². The Morgan fingerprint density at radius 1 is 1.50 bits per heavy atom. The number of nitrogens with two attached hydrogens (primary N) is 1. The van der Waals surface area contributed by atoms with Crippen molar-refractivity contribution in [2.45, 2.75) is 64.6 Å². The van der Waals surface area contributed by atoms with Crippen LogP contribution in [0.4, 0.5) is 4.79 Å². The molecule has 94 valence electrons. The Morgan fingerprint density at radius 2 is 2.06 bits per heavy atom. The topological polar surface area (TPSA) is 55.6 Å². The number of hydrogen-bond acceptors (Lipinski definition) is 3. The van der Waals surface area contributed by atoms with Crippen molar-refractivity contribution >= 4 is 6.09 Å². The lowest BCUT2D eigenvalue weighted by atomic mass is 10.2. The van der Waals surface area contributed by atoms with Crippen LogP contribution in [0.25, 0.3) is 0 Å². The van der Waals surface area contributed by atoms with E-state index < -0.39 is 5.60 Å². The van der Waals surface area contributed by atoms with E-state index in [1.54, 1.807) is 0 Å². The van der Waals surface area contributed by atoms with Gasteiger partial charge in [-0.25, -0.2) is 4.79 Å². The molecule has 0 saturated heterocycles. The molecule has 1 amide bonds. The summed E-state index contributed by atoms with van der Waals surface area (Å²) in [5.74, 6) is 0. The largest absolute Gasteiger partial charge is 0.444 e. The number of amides is 1. The lowest BCUT2D eigenvalue weighted by Crippen LogP contribution is -2.47. The maximum Gasteiger partial charge on any atom is 0.410 e. The monoisotopic (exact) mass is 228 g/mol. The third-order valence-corrected chi connectivity index (χ3v) is 2.68. The van der Waals surface area contributed by atoms with Crippen molar-refractivity contribution in [1.29, 1.82) is 0 Å². The summed E-state index contributed by atoms with van der Waals surface area (Å²) >= 11 is 0. The van der Waals surface area contributed by atoms with Crippen LogP contribution >= 0.6 is 0 Å². The first-order valence-electron chi connectivity index (χ1n) is 6.10. The van der Waals surface area contributed by atoms with Gasteiger partial charge in [-0.15, -0.1) is 0 Å². The molecule has 4 heteroatoms. The van der Waals surface area contributed by atoms with Crippen molar-refractivity contribution in [3.63, 3.8) is 0 Å². The molecular formula is C12H24N2O2. The predicted octanol–water partition coefficient (Wildman–Crippen LogP) is 2.12. The fourth-order valence-corrected chi connectivity index (χ4v) is 1.74. The van der Waals surface area contributed by atoms with Crippen LogP contribution in [0.5, 0.6) is 0 Å². The maximum absolute atomic E-state index is 12.0. The molecule has 1 rings (SSSR count). The van der Waals surface area contributed by atoms with Gasteiger partial charge in [0.05, 0.1) is 0 Å². The molecule has 0 aromatic carbocycles. The van der Waals surface area contributed by atoms with Gasteiger partial charge in [-0.2, -0.15) is 0 Å². The quantitative estimate of drug-likeness (QED) is 0.802.